The Hall–Kier alpha value is 1.14. The summed E-state index contributed by atoms with van der Waals surface area (Å²) in [4.78, 5) is 47.6. The molecule has 0 unspecified atom stereocenters. The summed E-state index contributed by atoms with van der Waals surface area (Å²) in [6.07, 6.45) is 0. The van der Waals surface area contributed by atoms with Crippen molar-refractivity contribution in [1.82, 2.24) is 0 Å². The van der Waals surface area contributed by atoms with Gasteiger partial charge in [-0.15, -0.1) is 0 Å². The second kappa shape index (κ2) is 9.68. The van der Waals surface area contributed by atoms with Crippen molar-refractivity contribution in [2.75, 3.05) is 0 Å². The van der Waals surface area contributed by atoms with Gasteiger partial charge in [-0.25, -0.2) is 0 Å². The normalized spacial score (nSPS) is 9.69. The van der Waals surface area contributed by atoms with E-state index in [0.717, 1.165) is 0 Å². The maximum Gasteiger partial charge on any atom is 0.665 e. The van der Waals surface area contributed by atoms with E-state index in [4.69, 9.17) is 28.8 Å². The fraction of sp³-hybridized carbons (Fsp3) is 0. The molecule has 0 saturated carbocycles. The van der Waals surface area contributed by atoms with Crippen LogP contribution in [0.5, 0.6) is 0 Å². The van der Waals surface area contributed by atoms with Crippen LogP contribution >= 0.6 is 0 Å². The van der Waals surface area contributed by atoms with Crippen LogP contribution in [0.1, 0.15) is 0 Å². The number of rotatable bonds is 2. The zero-order chi connectivity index (χ0) is 7.71. The standard InChI is InChI=1S/2Al.H6O7Si2.2H2O.6H/c;;1-8(2,3)7-9(4,5)6;;;;;;;;/h;;1-6H;2*1H2;;;;;;. The van der Waals surface area contributed by atoms with Gasteiger partial charge in [-0.1, -0.05) is 0 Å². The molecule has 0 atom stereocenters. The lowest BCUT2D eigenvalue weighted by Crippen LogP contribution is -2.53. The lowest BCUT2D eigenvalue weighted by Gasteiger charge is -2.13. The largest absolute Gasteiger partial charge is 0.665 e. The van der Waals surface area contributed by atoms with Crippen LogP contribution < -0.4 is 0 Å². The van der Waals surface area contributed by atoms with Gasteiger partial charge in [0, 0.05) is 0 Å². The molecule has 0 aliphatic rings. The van der Waals surface area contributed by atoms with E-state index in [2.05, 4.69) is 4.12 Å². The van der Waals surface area contributed by atoms with E-state index < -0.39 is 18.1 Å². The molecule has 0 bridgehead atoms. The van der Waals surface area contributed by atoms with Crippen LogP contribution in [0, 0.1) is 0 Å². The van der Waals surface area contributed by atoms with Gasteiger partial charge in [0.2, 0.25) is 0 Å². The molecule has 0 aliphatic carbocycles. The van der Waals surface area contributed by atoms with Gasteiger partial charge in [0.05, 0.1) is 0 Å². The fourth-order valence-electron chi connectivity index (χ4n) is 0.184. The van der Waals surface area contributed by atoms with E-state index in [0.29, 0.717) is 0 Å². The van der Waals surface area contributed by atoms with Crippen molar-refractivity contribution in [2.45, 2.75) is 0 Å². The zero-order valence-corrected chi connectivity index (χ0v) is 7.09. The van der Waals surface area contributed by atoms with Crippen LogP contribution in [0.25, 0.3) is 0 Å². The van der Waals surface area contributed by atoms with Gasteiger partial charge >= 0.3 is 18.1 Å². The van der Waals surface area contributed by atoms with Crippen LogP contribution in [0.15, 0.2) is 0 Å². The van der Waals surface area contributed by atoms with Crippen LogP contribution in [-0.2, 0) is 4.12 Å². The Bertz CT molecular complexity index is 80.8. The summed E-state index contributed by atoms with van der Waals surface area (Å²) < 4.78 is 3.24. The van der Waals surface area contributed by atoms with Gasteiger partial charge in [0.25, 0.3) is 0 Å². The lowest BCUT2D eigenvalue weighted by molar-refractivity contribution is 0.0406. The van der Waals surface area contributed by atoms with Crippen LogP contribution in [0.3, 0.4) is 0 Å². The maximum absolute atomic E-state index is 7.94. The molecule has 0 heterocycles. The molecule has 0 spiro atoms. The van der Waals surface area contributed by atoms with E-state index in [1.807, 2.05) is 0 Å². The molecule has 13 heteroatoms. The molecule has 0 aromatic rings. The highest BCUT2D eigenvalue weighted by molar-refractivity contribution is 6.63. The molecule has 0 radical (unpaired) electrons. The van der Waals surface area contributed by atoms with Crippen LogP contribution in [0.2, 0.25) is 0 Å². The molecule has 0 aromatic heterocycles. The van der Waals surface area contributed by atoms with Crippen molar-refractivity contribution in [2.24, 2.45) is 0 Å². The maximum atomic E-state index is 7.94. The minimum Gasteiger partial charge on any atom is -0.412 e. The molecule has 0 fully saturated rings. The van der Waals surface area contributed by atoms with Gasteiger partial charge in [-0.2, -0.15) is 0 Å². The first kappa shape index (κ1) is 29.2. The molecular weight excluding hydrogens is 254 g/mol. The van der Waals surface area contributed by atoms with Crippen molar-refractivity contribution in [3.63, 3.8) is 0 Å². The van der Waals surface area contributed by atoms with Gasteiger partial charge in [0.1, 0.15) is 0 Å². The summed E-state index contributed by atoms with van der Waals surface area (Å²) in [5.41, 5.74) is 0. The van der Waals surface area contributed by atoms with Gasteiger partial charge in [-0.05, 0) is 0 Å². The topological polar surface area (TPSA) is 194 Å². The quantitative estimate of drug-likeness (QED) is 0.268. The first-order valence-corrected chi connectivity index (χ1v) is 5.25. The summed E-state index contributed by atoms with van der Waals surface area (Å²) in [5, 5.41) is 0. The average molecular weight is 270 g/mol. The Labute approximate surface area is 96.7 Å². The van der Waals surface area contributed by atoms with Crippen molar-refractivity contribution >= 4 is 52.8 Å². The summed E-state index contributed by atoms with van der Waals surface area (Å²) >= 11 is 0. The SMILES string of the molecule is O.O.O[Si](O)(O)O[Si](O)(O)O.[AlH3].[AlH3]. The monoisotopic (exact) mass is 270 g/mol. The average Bonchev–Trinajstić information content (AvgIpc) is 1.14. The summed E-state index contributed by atoms with van der Waals surface area (Å²) in [7, 11) is -9.96. The highest BCUT2D eigenvalue weighted by atomic mass is 28.5. The third-order valence-corrected chi connectivity index (χ3v) is 2.46. The van der Waals surface area contributed by atoms with E-state index >= 15 is 0 Å². The summed E-state index contributed by atoms with van der Waals surface area (Å²) in [6, 6.07) is 0. The van der Waals surface area contributed by atoms with E-state index in [1.165, 1.54) is 0 Å². The molecule has 0 rings (SSSR count). The van der Waals surface area contributed by atoms with Gasteiger partial charge in [-0.3, -0.25) is 0 Å². The van der Waals surface area contributed by atoms with E-state index in [9.17, 15) is 0 Å². The smallest absolute Gasteiger partial charge is 0.412 e. The Morgan fingerprint density at radius 1 is 0.615 bits per heavy atom. The fourth-order valence-corrected chi connectivity index (χ4v) is 1.65. The lowest BCUT2D eigenvalue weighted by atomic mass is 15.6. The first-order chi connectivity index (χ1) is 3.71. The van der Waals surface area contributed by atoms with Crippen molar-refractivity contribution in [1.29, 1.82) is 0 Å². The molecule has 0 saturated heterocycles. The van der Waals surface area contributed by atoms with Crippen molar-refractivity contribution in [3.05, 3.63) is 0 Å². The first-order valence-electron chi connectivity index (χ1n) is 1.75. The van der Waals surface area contributed by atoms with Crippen molar-refractivity contribution in [3.8, 4) is 0 Å². The Balaban J connectivity index is -0.0000000533. The predicted octanol–water partition coefficient (Wildman–Crippen LogP) is -8.19. The van der Waals surface area contributed by atoms with Crippen molar-refractivity contribution < 1.29 is 43.8 Å². The number of hydrogen-bond donors (Lipinski definition) is 6. The third-order valence-electron chi connectivity index (χ3n) is 0.274. The summed E-state index contributed by atoms with van der Waals surface area (Å²) in [5.74, 6) is 0. The van der Waals surface area contributed by atoms with Crippen LogP contribution in [-0.4, -0.2) is 92.5 Å². The summed E-state index contributed by atoms with van der Waals surface area (Å²) in [6.45, 7) is 0. The highest BCUT2D eigenvalue weighted by Gasteiger charge is 2.45. The van der Waals surface area contributed by atoms with Crippen LogP contribution in [0.4, 0.5) is 0 Å². The third kappa shape index (κ3) is 32.0. The molecule has 0 amide bonds. The molecule has 84 valence electrons. The Morgan fingerprint density at radius 2 is 0.769 bits per heavy atom. The second-order valence-electron chi connectivity index (χ2n) is 1.25. The molecular formula is H16Al2O9Si2. The van der Waals surface area contributed by atoms with E-state index in [1.54, 1.807) is 0 Å². The minimum atomic E-state index is -4.98. The molecule has 0 aromatic carbocycles. The second-order valence-corrected chi connectivity index (χ2v) is 4.36. The molecule has 9 nitrogen and oxygen atoms in total. The highest BCUT2D eigenvalue weighted by Crippen LogP contribution is 1.95. The van der Waals surface area contributed by atoms with Gasteiger partial charge in [0.15, 0.2) is 34.7 Å². The molecule has 10 N–H and O–H groups in total. The number of hydrogen-bond acceptors (Lipinski definition) is 7. The predicted molar refractivity (Wildman–Crippen MR) is 53.0 cm³/mol. The minimum absolute atomic E-state index is 0. The molecule has 0 aliphatic heterocycles. The Kier molecular flexibility index (Phi) is 21.8. The van der Waals surface area contributed by atoms with Gasteiger partial charge < -0.3 is 43.8 Å². The van der Waals surface area contributed by atoms with E-state index in [-0.39, 0.29) is 45.7 Å². The molecule has 13 heavy (non-hydrogen) atoms. The Morgan fingerprint density at radius 3 is 0.769 bits per heavy atom. The zero-order valence-electron chi connectivity index (χ0n) is 5.09.